The first-order valence-electron chi connectivity index (χ1n) is 8.55. The highest BCUT2D eigenvalue weighted by Gasteiger charge is 2.13. The Balaban J connectivity index is 1.69. The molecule has 0 fully saturated rings. The van der Waals surface area contributed by atoms with E-state index >= 15 is 0 Å². The smallest absolute Gasteiger partial charge is 0.336 e. The highest BCUT2D eigenvalue weighted by Crippen LogP contribution is 2.33. The van der Waals surface area contributed by atoms with E-state index < -0.39 is 5.97 Å². The Morgan fingerprint density at radius 2 is 1.96 bits per heavy atom. The minimum absolute atomic E-state index is 0.186. The maximum Gasteiger partial charge on any atom is 0.336 e. The molecule has 2 N–H and O–H groups in total. The Kier molecular flexibility index (Phi) is 4.49. The van der Waals surface area contributed by atoms with Crippen LogP contribution in [0.3, 0.4) is 0 Å². The quantitative estimate of drug-likeness (QED) is 0.485. The van der Waals surface area contributed by atoms with Crippen molar-refractivity contribution >= 4 is 28.6 Å². The Labute approximate surface area is 165 Å². The molecule has 2 aromatic heterocycles. The maximum absolute atomic E-state index is 11.3. The number of fused-ring (bicyclic) bond motifs is 1. The van der Waals surface area contributed by atoms with Gasteiger partial charge in [0.25, 0.3) is 6.01 Å². The number of aromatic amines is 1. The van der Waals surface area contributed by atoms with Crippen LogP contribution in [0, 0.1) is 13.8 Å². The summed E-state index contributed by atoms with van der Waals surface area (Å²) in [6, 6.07) is 12.7. The van der Waals surface area contributed by atoms with Crippen molar-refractivity contribution in [1.82, 2.24) is 15.0 Å². The Morgan fingerprint density at radius 1 is 1.14 bits per heavy atom. The van der Waals surface area contributed by atoms with Crippen molar-refractivity contribution in [2.45, 2.75) is 13.8 Å². The summed E-state index contributed by atoms with van der Waals surface area (Å²) >= 11 is 6.44. The molecule has 0 saturated heterocycles. The molecule has 28 heavy (non-hydrogen) atoms. The van der Waals surface area contributed by atoms with Crippen LogP contribution in [-0.4, -0.2) is 26.0 Å². The summed E-state index contributed by atoms with van der Waals surface area (Å²) in [6.45, 7) is 3.66. The molecule has 0 spiro atoms. The number of H-pyrrole nitrogens is 1. The molecule has 0 aliphatic rings. The van der Waals surface area contributed by atoms with Gasteiger partial charge in [-0.05, 0) is 49.7 Å². The van der Waals surface area contributed by atoms with Crippen LogP contribution in [0.5, 0.6) is 11.8 Å². The summed E-state index contributed by atoms with van der Waals surface area (Å²) in [6.07, 6.45) is 1.77. The highest BCUT2D eigenvalue weighted by atomic mass is 35.5. The number of hydrogen-bond acceptors (Lipinski definition) is 4. The van der Waals surface area contributed by atoms with Gasteiger partial charge in [-0.1, -0.05) is 23.7 Å². The largest absolute Gasteiger partial charge is 0.478 e. The van der Waals surface area contributed by atoms with Crippen LogP contribution in [-0.2, 0) is 0 Å². The first kappa shape index (κ1) is 18.0. The van der Waals surface area contributed by atoms with E-state index in [4.69, 9.17) is 16.3 Å². The number of ether oxygens (including phenoxy) is 1. The third-order valence-corrected chi connectivity index (χ3v) is 4.74. The fraction of sp³-hybridized carbons (Fsp3) is 0.0952. The predicted molar refractivity (Wildman–Crippen MR) is 107 cm³/mol. The number of halogens is 1. The number of aromatic nitrogens is 3. The van der Waals surface area contributed by atoms with Crippen LogP contribution in [0.15, 0.2) is 48.7 Å². The van der Waals surface area contributed by atoms with E-state index in [0.717, 1.165) is 22.3 Å². The first-order valence-corrected chi connectivity index (χ1v) is 8.92. The molecule has 7 heteroatoms. The van der Waals surface area contributed by atoms with Crippen molar-refractivity contribution in [2.24, 2.45) is 0 Å². The second-order valence-corrected chi connectivity index (χ2v) is 6.87. The normalized spacial score (nSPS) is 11.0. The van der Waals surface area contributed by atoms with Crippen LogP contribution in [0.2, 0.25) is 5.02 Å². The Hall–Kier alpha value is -3.38. The summed E-state index contributed by atoms with van der Waals surface area (Å²) in [4.78, 5) is 23.1. The van der Waals surface area contributed by atoms with Gasteiger partial charge < -0.3 is 14.8 Å². The van der Waals surface area contributed by atoms with E-state index in [0.29, 0.717) is 21.9 Å². The molecular formula is C21H16ClN3O3. The minimum atomic E-state index is -1.00. The number of hydrogen-bond donors (Lipinski definition) is 2. The number of benzene rings is 2. The van der Waals surface area contributed by atoms with Crippen molar-refractivity contribution in [3.05, 3.63) is 70.5 Å². The van der Waals surface area contributed by atoms with Crippen LogP contribution >= 0.6 is 11.6 Å². The zero-order valence-electron chi connectivity index (χ0n) is 15.2. The summed E-state index contributed by atoms with van der Waals surface area (Å²) in [5, 5.41) is 9.82. The fourth-order valence-corrected chi connectivity index (χ4v) is 3.18. The number of carboxylic acid groups (broad SMARTS) is 1. The number of imidazole rings is 1. The van der Waals surface area contributed by atoms with Gasteiger partial charge in [0.05, 0.1) is 21.6 Å². The zero-order valence-corrected chi connectivity index (χ0v) is 15.9. The lowest BCUT2D eigenvalue weighted by molar-refractivity contribution is 0.0695. The van der Waals surface area contributed by atoms with Crippen molar-refractivity contribution in [3.8, 4) is 22.9 Å². The van der Waals surface area contributed by atoms with Gasteiger partial charge in [0.1, 0.15) is 5.75 Å². The molecule has 0 radical (unpaired) electrons. The minimum Gasteiger partial charge on any atom is -0.478 e. The summed E-state index contributed by atoms with van der Waals surface area (Å²) < 4.78 is 5.72. The van der Waals surface area contributed by atoms with Crippen LogP contribution < -0.4 is 4.74 Å². The number of pyridine rings is 1. The number of nitrogens with one attached hydrogen (secondary N) is 1. The average molecular weight is 394 g/mol. The topological polar surface area (TPSA) is 88.1 Å². The monoisotopic (exact) mass is 393 g/mol. The molecule has 0 aliphatic carbocycles. The summed E-state index contributed by atoms with van der Waals surface area (Å²) in [5.41, 5.74) is 4.89. The first-order chi connectivity index (χ1) is 13.4. The zero-order chi connectivity index (χ0) is 19.8. The molecule has 2 aromatic carbocycles. The molecule has 0 atom stereocenters. The third-order valence-electron chi connectivity index (χ3n) is 4.43. The van der Waals surface area contributed by atoms with Gasteiger partial charge in [0, 0.05) is 23.0 Å². The van der Waals surface area contributed by atoms with E-state index in [1.54, 1.807) is 31.3 Å². The van der Waals surface area contributed by atoms with Crippen LogP contribution in [0.25, 0.3) is 22.2 Å². The van der Waals surface area contributed by atoms with Crippen LogP contribution in [0.4, 0.5) is 0 Å². The molecule has 2 heterocycles. The molecule has 0 saturated carbocycles. The van der Waals surface area contributed by atoms with Gasteiger partial charge in [0.15, 0.2) is 0 Å². The van der Waals surface area contributed by atoms with E-state index in [2.05, 4.69) is 15.0 Å². The van der Waals surface area contributed by atoms with Gasteiger partial charge in [-0.3, -0.25) is 4.98 Å². The number of carboxylic acids is 1. The van der Waals surface area contributed by atoms with Gasteiger partial charge in [0.2, 0.25) is 0 Å². The average Bonchev–Trinajstić information content (AvgIpc) is 3.04. The third kappa shape index (κ3) is 3.42. The SMILES string of the molecule is Cc1ccc(-c2cc3nc(Oc4ccc(C)c(C(=O)O)c4)[nH]c3cc2Cl)cn1. The maximum atomic E-state index is 11.3. The van der Waals surface area contributed by atoms with Crippen molar-refractivity contribution in [3.63, 3.8) is 0 Å². The molecule has 140 valence electrons. The van der Waals surface area contributed by atoms with E-state index in [9.17, 15) is 9.90 Å². The highest BCUT2D eigenvalue weighted by molar-refractivity contribution is 6.34. The molecule has 4 rings (SSSR count). The van der Waals surface area contributed by atoms with Gasteiger partial charge in [-0.2, -0.15) is 4.98 Å². The second kappa shape index (κ2) is 6.98. The summed E-state index contributed by atoms with van der Waals surface area (Å²) in [5.74, 6) is -0.619. The number of carbonyl (C=O) groups is 1. The van der Waals surface area contributed by atoms with Gasteiger partial charge in [-0.15, -0.1) is 0 Å². The van der Waals surface area contributed by atoms with Crippen LogP contribution in [0.1, 0.15) is 21.6 Å². The van der Waals surface area contributed by atoms with Crippen molar-refractivity contribution < 1.29 is 14.6 Å². The number of rotatable bonds is 4. The Bertz CT molecular complexity index is 1200. The van der Waals surface area contributed by atoms with E-state index in [1.807, 2.05) is 25.1 Å². The molecule has 6 nitrogen and oxygen atoms in total. The lowest BCUT2D eigenvalue weighted by Crippen LogP contribution is -2.00. The van der Waals surface area contributed by atoms with E-state index in [-0.39, 0.29) is 11.6 Å². The molecular weight excluding hydrogens is 378 g/mol. The number of aryl methyl sites for hydroxylation is 2. The van der Waals surface area contributed by atoms with Gasteiger partial charge >= 0.3 is 5.97 Å². The lowest BCUT2D eigenvalue weighted by atomic mass is 10.1. The van der Waals surface area contributed by atoms with Gasteiger partial charge in [-0.25, -0.2) is 4.79 Å². The molecule has 0 unspecified atom stereocenters. The number of nitrogens with zero attached hydrogens (tertiary/aromatic N) is 2. The fourth-order valence-electron chi connectivity index (χ4n) is 2.91. The second-order valence-electron chi connectivity index (χ2n) is 6.46. The Morgan fingerprint density at radius 3 is 2.68 bits per heavy atom. The molecule has 0 bridgehead atoms. The standard InChI is InChI=1S/C21H16ClN3O3/c1-11-3-6-14(7-15(11)20(26)27)28-21-24-18-8-16(17(22)9-19(18)25-21)13-5-4-12(2)23-10-13/h3-10H,1-2H3,(H,24,25)(H,26,27). The van der Waals surface area contributed by atoms with Crippen molar-refractivity contribution in [2.75, 3.05) is 0 Å². The predicted octanol–water partition coefficient (Wildman–Crippen LogP) is 5.39. The molecule has 4 aromatic rings. The number of aromatic carboxylic acids is 1. The molecule has 0 amide bonds. The van der Waals surface area contributed by atoms with Crippen molar-refractivity contribution in [1.29, 1.82) is 0 Å². The summed E-state index contributed by atoms with van der Waals surface area (Å²) in [7, 11) is 0. The lowest BCUT2D eigenvalue weighted by Gasteiger charge is -2.05. The molecule has 0 aliphatic heterocycles. The van der Waals surface area contributed by atoms with E-state index in [1.165, 1.54) is 6.07 Å².